The van der Waals surface area contributed by atoms with Crippen LogP contribution in [0.25, 0.3) is 0 Å². The third kappa shape index (κ3) is 3.23. The average molecular weight is 271 g/mol. The van der Waals surface area contributed by atoms with Crippen molar-refractivity contribution in [3.8, 4) is 11.5 Å². The fourth-order valence-corrected chi connectivity index (χ4v) is 2.22. The van der Waals surface area contributed by atoms with Gasteiger partial charge in [0.25, 0.3) is 0 Å². The van der Waals surface area contributed by atoms with Crippen molar-refractivity contribution in [3.63, 3.8) is 0 Å². The number of rotatable bonds is 6. The highest BCUT2D eigenvalue weighted by molar-refractivity contribution is 5.48. The predicted octanol–water partition coefficient (Wildman–Crippen LogP) is 3.73. The van der Waals surface area contributed by atoms with Crippen molar-refractivity contribution in [1.82, 2.24) is 0 Å². The first-order valence-corrected chi connectivity index (χ1v) is 6.79. The molecular weight excluding hydrogens is 250 g/mol. The Kier molecular flexibility index (Phi) is 4.88. The van der Waals surface area contributed by atoms with Gasteiger partial charge in [0.15, 0.2) is 11.5 Å². The van der Waals surface area contributed by atoms with Gasteiger partial charge in [0, 0.05) is 18.8 Å². The fourth-order valence-electron chi connectivity index (χ4n) is 2.22. The van der Waals surface area contributed by atoms with Crippen molar-refractivity contribution in [3.05, 3.63) is 54.1 Å². The Morgan fingerprint density at radius 2 is 1.60 bits per heavy atom. The molecule has 2 aromatic carbocycles. The summed E-state index contributed by atoms with van der Waals surface area (Å²) in [4.78, 5) is 2.32. The predicted molar refractivity (Wildman–Crippen MR) is 82.7 cm³/mol. The van der Waals surface area contributed by atoms with E-state index < -0.39 is 0 Å². The van der Waals surface area contributed by atoms with E-state index in [0.29, 0.717) is 0 Å². The number of ether oxygens (including phenoxy) is 2. The van der Waals surface area contributed by atoms with Crippen LogP contribution in [0.2, 0.25) is 0 Å². The van der Waals surface area contributed by atoms with Gasteiger partial charge in [0.2, 0.25) is 0 Å². The Bertz CT molecular complexity index is 540. The molecule has 0 aliphatic carbocycles. The fraction of sp³-hybridized carbons (Fsp3) is 0.294. The SMILES string of the molecule is CCN(Cc1ccc(OC)c(OC)c1)c1ccccc1. The molecule has 20 heavy (non-hydrogen) atoms. The van der Waals surface area contributed by atoms with Crippen LogP contribution in [0.5, 0.6) is 11.5 Å². The van der Waals surface area contributed by atoms with Gasteiger partial charge in [-0.3, -0.25) is 0 Å². The Labute approximate surface area is 120 Å². The second kappa shape index (κ2) is 6.85. The third-order valence-electron chi connectivity index (χ3n) is 3.32. The number of hydrogen-bond donors (Lipinski definition) is 0. The van der Waals surface area contributed by atoms with Crippen molar-refractivity contribution in [1.29, 1.82) is 0 Å². The summed E-state index contributed by atoms with van der Waals surface area (Å²) in [5.41, 5.74) is 2.43. The molecule has 2 aromatic rings. The summed E-state index contributed by atoms with van der Waals surface area (Å²) in [6.45, 7) is 3.97. The van der Waals surface area contributed by atoms with Crippen LogP contribution in [0.1, 0.15) is 12.5 Å². The van der Waals surface area contributed by atoms with Crippen LogP contribution in [0.15, 0.2) is 48.5 Å². The third-order valence-corrected chi connectivity index (χ3v) is 3.32. The minimum absolute atomic E-state index is 0.763. The Morgan fingerprint density at radius 3 is 2.20 bits per heavy atom. The van der Waals surface area contributed by atoms with Crippen LogP contribution in [-0.4, -0.2) is 20.8 Å². The van der Waals surface area contributed by atoms with Crippen molar-refractivity contribution < 1.29 is 9.47 Å². The molecule has 0 aliphatic heterocycles. The highest BCUT2D eigenvalue weighted by Gasteiger charge is 2.08. The van der Waals surface area contributed by atoms with Crippen LogP contribution in [-0.2, 0) is 6.54 Å². The van der Waals surface area contributed by atoms with Crippen LogP contribution in [0, 0.1) is 0 Å². The van der Waals surface area contributed by atoms with E-state index in [1.54, 1.807) is 14.2 Å². The van der Waals surface area contributed by atoms with Gasteiger partial charge in [-0.05, 0) is 36.8 Å². The lowest BCUT2D eigenvalue weighted by atomic mass is 10.1. The second-order valence-electron chi connectivity index (χ2n) is 4.54. The lowest BCUT2D eigenvalue weighted by Gasteiger charge is -2.23. The molecule has 0 aliphatic rings. The van der Waals surface area contributed by atoms with E-state index in [1.165, 1.54) is 11.3 Å². The number of anilines is 1. The van der Waals surface area contributed by atoms with E-state index >= 15 is 0 Å². The molecule has 0 bridgehead atoms. The van der Waals surface area contributed by atoms with E-state index in [2.05, 4.69) is 42.2 Å². The molecule has 3 heteroatoms. The summed E-state index contributed by atoms with van der Waals surface area (Å²) in [5, 5.41) is 0. The number of benzene rings is 2. The van der Waals surface area contributed by atoms with Gasteiger partial charge in [-0.25, -0.2) is 0 Å². The molecule has 0 N–H and O–H groups in total. The molecule has 3 nitrogen and oxygen atoms in total. The standard InChI is InChI=1S/C17H21NO2/c1-4-18(15-8-6-5-7-9-15)13-14-10-11-16(19-2)17(12-14)20-3/h5-12H,4,13H2,1-3H3. The maximum absolute atomic E-state index is 5.35. The summed E-state index contributed by atoms with van der Waals surface area (Å²) >= 11 is 0. The first-order chi connectivity index (χ1) is 9.78. The lowest BCUT2D eigenvalue weighted by Crippen LogP contribution is -2.21. The number of para-hydroxylation sites is 1. The molecule has 0 fully saturated rings. The van der Waals surface area contributed by atoms with Crippen LogP contribution >= 0.6 is 0 Å². The molecule has 2 rings (SSSR count). The van der Waals surface area contributed by atoms with Gasteiger partial charge in [-0.2, -0.15) is 0 Å². The van der Waals surface area contributed by atoms with E-state index in [4.69, 9.17) is 9.47 Å². The molecule has 0 saturated heterocycles. The molecule has 0 aromatic heterocycles. The highest BCUT2D eigenvalue weighted by Crippen LogP contribution is 2.28. The molecule has 0 saturated carbocycles. The van der Waals surface area contributed by atoms with Crippen molar-refractivity contribution in [2.45, 2.75) is 13.5 Å². The van der Waals surface area contributed by atoms with Gasteiger partial charge in [-0.1, -0.05) is 24.3 Å². The Balaban J connectivity index is 2.20. The zero-order valence-electron chi connectivity index (χ0n) is 12.3. The van der Waals surface area contributed by atoms with Gasteiger partial charge in [0.1, 0.15) is 0 Å². The molecule has 0 amide bonds. The minimum Gasteiger partial charge on any atom is -0.493 e. The van der Waals surface area contributed by atoms with Gasteiger partial charge in [-0.15, -0.1) is 0 Å². The first kappa shape index (κ1) is 14.3. The van der Waals surface area contributed by atoms with E-state index in [1.807, 2.05) is 18.2 Å². The van der Waals surface area contributed by atoms with Gasteiger partial charge < -0.3 is 14.4 Å². The van der Waals surface area contributed by atoms with E-state index in [0.717, 1.165) is 24.6 Å². The minimum atomic E-state index is 0.763. The maximum atomic E-state index is 5.35. The quantitative estimate of drug-likeness (QED) is 0.799. The smallest absolute Gasteiger partial charge is 0.161 e. The van der Waals surface area contributed by atoms with Crippen molar-refractivity contribution >= 4 is 5.69 Å². The van der Waals surface area contributed by atoms with Crippen molar-refractivity contribution in [2.24, 2.45) is 0 Å². The number of nitrogens with zero attached hydrogens (tertiary/aromatic N) is 1. The molecule has 0 atom stereocenters. The molecule has 0 heterocycles. The summed E-state index contributed by atoms with van der Waals surface area (Å²) < 4.78 is 10.6. The summed E-state index contributed by atoms with van der Waals surface area (Å²) in [5.74, 6) is 1.54. The van der Waals surface area contributed by atoms with E-state index in [-0.39, 0.29) is 0 Å². The molecule has 0 radical (unpaired) electrons. The molecular formula is C17H21NO2. The first-order valence-electron chi connectivity index (χ1n) is 6.79. The summed E-state index contributed by atoms with van der Waals surface area (Å²) in [6.07, 6.45) is 0. The average Bonchev–Trinajstić information content (AvgIpc) is 2.53. The van der Waals surface area contributed by atoms with Crippen LogP contribution < -0.4 is 14.4 Å². The Hall–Kier alpha value is -2.16. The topological polar surface area (TPSA) is 21.7 Å². The number of methoxy groups -OCH3 is 2. The lowest BCUT2D eigenvalue weighted by molar-refractivity contribution is 0.354. The molecule has 106 valence electrons. The summed E-state index contributed by atoms with van der Waals surface area (Å²) in [7, 11) is 3.32. The van der Waals surface area contributed by atoms with Crippen LogP contribution in [0.3, 0.4) is 0 Å². The normalized spacial score (nSPS) is 10.2. The largest absolute Gasteiger partial charge is 0.493 e. The Morgan fingerprint density at radius 1 is 0.900 bits per heavy atom. The maximum Gasteiger partial charge on any atom is 0.161 e. The van der Waals surface area contributed by atoms with Gasteiger partial charge in [0.05, 0.1) is 14.2 Å². The number of hydrogen-bond acceptors (Lipinski definition) is 3. The summed E-state index contributed by atoms with van der Waals surface area (Å²) in [6, 6.07) is 16.5. The zero-order valence-corrected chi connectivity index (χ0v) is 12.3. The van der Waals surface area contributed by atoms with Crippen LogP contribution in [0.4, 0.5) is 5.69 Å². The zero-order chi connectivity index (χ0) is 14.4. The second-order valence-corrected chi connectivity index (χ2v) is 4.54. The monoisotopic (exact) mass is 271 g/mol. The van der Waals surface area contributed by atoms with E-state index in [9.17, 15) is 0 Å². The van der Waals surface area contributed by atoms with Gasteiger partial charge >= 0.3 is 0 Å². The molecule has 0 spiro atoms. The van der Waals surface area contributed by atoms with Crippen molar-refractivity contribution in [2.75, 3.05) is 25.7 Å². The highest BCUT2D eigenvalue weighted by atomic mass is 16.5. The molecule has 0 unspecified atom stereocenters.